The molecule has 4 N–H and O–H groups in total. The lowest BCUT2D eigenvalue weighted by atomic mass is 9.92. The number of nitrogens with one attached hydrogen (secondary N) is 4. The summed E-state index contributed by atoms with van der Waals surface area (Å²) in [7, 11) is 0. The second-order valence-corrected chi connectivity index (χ2v) is 6.32. The van der Waals surface area contributed by atoms with Crippen molar-refractivity contribution in [2.75, 3.05) is 0 Å². The van der Waals surface area contributed by atoms with E-state index in [0.29, 0.717) is 24.2 Å². The number of hydrogen-bond donors (Lipinski definition) is 4. The minimum absolute atomic E-state index is 0.660. The molecule has 4 aliphatic rings. The lowest BCUT2D eigenvalue weighted by Crippen LogP contribution is -2.36. The molecule has 4 nitrogen and oxygen atoms in total. The molecule has 0 aromatic heterocycles. The lowest BCUT2D eigenvalue weighted by molar-refractivity contribution is 0.374. The Morgan fingerprint density at radius 2 is 0.778 bits per heavy atom. The van der Waals surface area contributed by atoms with Crippen LogP contribution in [0.1, 0.15) is 51.4 Å². The fourth-order valence-corrected chi connectivity index (χ4v) is 4.07. The van der Waals surface area contributed by atoms with E-state index in [-0.39, 0.29) is 0 Å². The summed E-state index contributed by atoms with van der Waals surface area (Å²) in [5, 5.41) is 14.8. The average molecular weight is 248 g/mol. The Balaban J connectivity index is 1.51. The van der Waals surface area contributed by atoms with Gasteiger partial charge in [-0.05, 0) is 25.7 Å². The van der Waals surface area contributed by atoms with Gasteiger partial charge in [0.1, 0.15) is 11.6 Å². The molecule has 2 aliphatic heterocycles. The quantitative estimate of drug-likeness (QED) is 0.519. The van der Waals surface area contributed by atoms with E-state index in [1.165, 1.54) is 63.0 Å². The Kier molecular flexibility index (Phi) is 2.55. The molecule has 0 spiro atoms. The molecule has 2 aliphatic carbocycles. The third-order valence-corrected chi connectivity index (χ3v) is 5.10. The van der Waals surface area contributed by atoms with E-state index in [9.17, 15) is 0 Å². The number of fused-ring (bicyclic) bond motifs is 2. The third kappa shape index (κ3) is 1.73. The van der Waals surface area contributed by atoms with Crippen molar-refractivity contribution < 1.29 is 0 Å². The summed E-state index contributed by atoms with van der Waals surface area (Å²) in [6.45, 7) is 0. The van der Waals surface area contributed by atoms with E-state index in [0.717, 1.165) is 0 Å². The molecule has 2 heterocycles. The summed E-state index contributed by atoms with van der Waals surface area (Å²) in [5.74, 6) is 2.47. The zero-order chi connectivity index (χ0) is 11.9. The molecule has 0 aromatic rings. The van der Waals surface area contributed by atoms with Crippen LogP contribution in [0.2, 0.25) is 0 Å². The second-order valence-electron chi connectivity index (χ2n) is 6.32. The first-order valence-electron chi connectivity index (χ1n) is 7.70. The molecular weight excluding hydrogens is 224 g/mol. The van der Waals surface area contributed by atoms with Crippen LogP contribution in [0.5, 0.6) is 0 Å². The van der Waals surface area contributed by atoms with Gasteiger partial charge in [-0.1, -0.05) is 25.7 Å². The fraction of sp³-hybridized carbons (Fsp3) is 0.857. The predicted octanol–water partition coefficient (Wildman–Crippen LogP) is 1.12. The van der Waals surface area contributed by atoms with Crippen molar-refractivity contribution in [3.8, 4) is 0 Å². The number of rotatable bonds is 0. The van der Waals surface area contributed by atoms with Gasteiger partial charge in [0.05, 0.1) is 0 Å². The summed E-state index contributed by atoms with van der Waals surface area (Å²) in [6.07, 6.45) is 10.8. The van der Waals surface area contributed by atoms with Crippen LogP contribution in [0.3, 0.4) is 0 Å². The molecule has 4 fully saturated rings. The van der Waals surface area contributed by atoms with Gasteiger partial charge in [-0.3, -0.25) is 0 Å². The van der Waals surface area contributed by atoms with Crippen molar-refractivity contribution in [1.82, 2.24) is 21.3 Å². The largest absolute Gasteiger partial charge is 0.364 e. The molecule has 0 bridgehead atoms. The minimum Gasteiger partial charge on any atom is -0.364 e. The number of hydrogen-bond acceptors (Lipinski definition) is 4. The fourth-order valence-electron chi connectivity index (χ4n) is 4.07. The van der Waals surface area contributed by atoms with Crippen molar-refractivity contribution in [2.45, 2.75) is 75.5 Å². The van der Waals surface area contributed by atoms with Crippen LogP contribution in [0, 0.1) is 0 Å². The average Bonchev–Trinajstić information content (AvgIpc) is 3.02. The summed E-state index contributed by atoms with van der Waals surface area (Å²) >= 11 is 0. The van der Waals surface area contributed by atoms with Crippen LogP contribution in [0.25, 0.3) is 0 Å². The van der Waals surface area contributed by atoms with Gasteiger partial charge in [-0.25, -0.2) is 0 Å². The maximum Gasteiger partial charge on any atom is 0.141 e. The van der Waals surface area contributed by atoms with Crippen LogP contribution >= 0.6 is 0 Å². The minimum atomic E-state index is 0.660. The van der Waals surface area contributed by atoms with E-state index < -0.39 is 0 Å². The molecule has 0 radical (unpaired) electrons. The molecule has 4 unspecified atom stereocenters. The molecular formula is C14H24N4. The summed E-state index contributed by atoms with van der Waals surface area (Å²) in [4.78, 5) is 0. The van der Waals surface area contributed by atoms with Gasteiger partial charge >= 0.3 is 0 Å². The molecule has 0 aromatic carbocycles. The summed E-state index contributed by atoms with van der Waals surface area (Å²) in [6, 6.07) is 2.64. The lowest BCUT2D eigenvalue weighted by Gasteiger charge is -2.23. The predicted molar refractivity (Wildman–Crippen MR) is 71.7 cm³/mol. The normalized spacial score (nSPS) is 42.2. The molecule has 18 heavy (non-hydrogen) atoms. The van der Waals surface area contributed by atoms with Gasteiger partial charge < -0.3 is 21.3 Å². The monoisotopic (exact) mass is 248 g/mol. The highest BCUT2D eigenvalue weighted by Gasteiger charge is 2.37. The summed E-state index contributed by atoms with van der Waals surface area (Å²) < 4.78 is 0. The highest BCUT2D eigenvalue weighted by molar-refractivity contribution is 5.21. The Bertz CT molecular complexity index is 299. The smallest absolute Gasteiger partial charge is 0.141 e. The van der Waals surface area contributed by atoms with E-state index in [1.54, 1.807) is 0 Å². The van der Waals surface area contributed by atoms with Crippen molar-refractivity contribution in [1.29, 1.82) is 0 Å². The third-order valence-electron chi connectivity index (χ3n) is 5.10. The zero-order valence-corrected chi connectivity index (χ0v) is 11.0. The van der Waals surface area contributed by atoms with Gasteiger partial charge in [-0.15, -0.1) is 0 Å². The standard InChI is InChI=1S/C14H24N4/c1-2-6-10-9(5-1)15-13(16-10)14-17-11-7-3-4-8-12(11)18-14/h9-12,15-18H,1-8H2. The first-order valence-corrected chi connectivity index (χ1v) is 7.70. The van der Waals surface area contributed by atoms with Crippen LogP contribution in [-0.2, 0) is 0 Å². The maximum absolute atomic E-state index is 3.69. The van der Waals surface area contributed by atoms with E-state index in [1.807, 2.05) is 0 Å². The van der Waals surface area contributed by atoms with Gasteiger partial charge in [0, 0.05) is 24.2 Å². The Morgan fingerprint density at radius 3 is 1.06 bits per heavy atom. The molecule has 4 rings (SSSR count). The highest BCUT2D eigenvalue weighted by atomic mass is 15.3. The van der Waals surface area contributed by atoms with Crippen LogP contribution in [0.15, 0.2) is 11.6 Å². The molecule has 2 saturated heterocycles. The maximum atomic E-state index is 3.69. The Morgan fingerprint density at radius 1 is 0.500 bits per heavy atom. The van der Waals surface area contributed by atoms with Crippen molar-refractivity contribution >= 4 is 0 Å². The molecule has 4 atom stereocenters. The van der Waals surface area contributed by atoms with Crippen molar-refractivity contribution in [2.24, 2.45) is 0 Å². The highest BCUT2D eigenvalue weighted by Crippen LogP contribution is 2.28. The van der Waals surface area contributed by atoms with Crippen LogP contribution in [0.4, 0.5) is 0 Å². The Hall–Kier alpha value is -1.06. The van der Waals surface area contributed by atoms with E-state index in [4.69, 9.17) is 0 Å². The first kappa shape index (κ1) is 10.8. The molecule has 100 valence electrons. The van der Waals surface area contributed by atoms with E-state index >= 15 is 0 Å². The second kappa shape index (κ2) is 4.25. The van der Waals surface area contributed by atoms with Crippen LogP contribution in [-0.4, -0.2) is 24.2 Å². The van der Waals surface area contributed by atoms with Crippen LogP contribution < -0.4 is 21.3 Å². The van der Waals surface area contributed by atoms with Gasteiger partial charge in [0.2, 0.25) is 0 Å². The first-order chi connectivity index (χ1) is 8.90. The molecule has 0 amide bonds. The van der Waals surface area contributed by atoms with Crippen molar-refractivity contribution in [3.63, 3.8) is 0 Å². The SMILES string of the molecule is C1CCC2NC(=C3NC4CCCCC4N3)NC2C1. The molecule has 2 saturated carbocycles. The summed E-state index contributed by atoms with van der Waals surface area (Å²) in [5.41, 5.74) is 0. The topological polar surface area (TPSA) is 48.1 Å². The van der Waals surface area contributed by atoms with Gasteiger partial charge in [-0.2, -0.15) is 0 Å². The van der Waals surface area contributed by atoms with Gasteiger partial charge in [0.25, 0.3) is 0 Å². The Labute approximate surface area is 109 Å². The zero-order valence-electron chi connectivity index (χ0n) is 11.0. The van der Waals surface area contributed by atoms with Crippen molar-refractivity contribution in [3.05, 3.63) is 11.6 Å². The van der Waals surface area contributed by atoms with E-state index in [2.05, 4.69) is 21.3 Å². The molecule has 4 heteroatoms. The van der Waals surface area contributed by atoms with Gasteiger partial charge in [0.15, 0.2) is 0 Å².